The van der Waals surface area contributed by atoms with Gasteiger partial charge in [-0.15, -0.1) is 11.3 Å². The second kappa shape index (κ2) is 7.35. The third-order valence-corrected chi connectivity index (χ3v) is 5.26. The molecule has 0 aliphatic carbocycles. The number of fused-ring (bicyclic) bond motifs is 1. The molecule has 0 bridgehead atoms. The molecule has 0 aliphatic rings. The van der Waals surface area contributed by atoms with Crippen LogP contribution in [-0.2, 0) is 19.5 Å². The molecule has 0 fully saturated rings. The van der Waals surface area contributed by atoms with Crippen LogP contribution in [0.2, 0.25) is 0 Å². The zero-order chi connectivity index (χ0) is 17.9. The predicted molar refractivity (Wildman–Crippen MR) is 104 cm³/mol. The van der Waals surface area contributed by atoms with Crippen molar-refractivity contribution >= 4 is 21.6 Å². The number of thiazole rings is 1. The summed E-state index contributed by atoms with van der Waals surface area (Å²) in [4.78, 5) is 11.3. The van der Waals surface area contributed by atoms with E-state index in [-0.39, 0.29) is 0 Å². The van der Waals surface area contributed by atoms with E-state index >= 15 is 0 Å². The second-order valence-corrected chi connectivity index (χ2v) is 7.43. The van der Waals surface area contributed by atoms with Crippen molar-refractivity contribution in [3.63, 3.8) is 0 Å². The van der Waals surface area contributed by atoms with Gasteiger partial charge in [0.15, 0.2) is 0 Å². The van der Waals surface area contributed by atoms with E-state index in [0.29, 0.717) is 18.3 Å². The Hall–Kier alpha value is -2.57. The summed E-state index contributed by atoms with van der Waals surface area (Å²) in [6.45, 7) is 3.49. The second-order valence-electron chi connectivity index (χ2n) is 6.31. The van der Waals surface area contributed by atoms with Crippen LogP contribution in [0.3, 0.4) is 0 Å². The number of benzene rings is 2. The maximum absolute atomic E-state index is 5.42. The predicted octanol–water partition coefficient (Wildman–Crippen LogP) is 4.54. The molecule has 6 heteroatoms. The molecule has 4 aromatic rings. The lowest BCUT2D eigenvalue weighted by Gasteiger charge is -2.11. The Morgan fingerprint density at radius 3 is 2.58 bits per heavy atom. The van der Waals surface area contributed by atoms with Gasteiger partial charge >= 0.3 is 0 Å². The number of aryl methyl sites for hydroxylation is 1. The summed E-state index contributed by atoms with van der Waals surface area (Å²) in [6.07, 6.45) is 1.02. The Labute approximate surface area is 156 Å². The molecule has 0 aliphatic heterocycles. The summed E-state index contributed by atoms with van der Waals surface area (Å²) in [7, 11) is 2.03. The van der Waals surface area contributed by atoms with Crippen molar-refractivity contribution in [2.45, 2.75) is 26.4 Å². The van der Waals surface area contributed by atoms with E-state index in [1.165, 1.54) is 10.3 Å². The van der Waals surface area contributed by atoms with Crippen LogP contribution in [0.15, 0.2) is 53.1 Å². The van der Waals surface area contributed by atoms with E-state index in [9.17, 15) is 0 Å². The number of rotatable bonds is 6. The maximum atomic E-state index is 5.42. The van der Waals surface area contributed by atoms with Crippen LogP contribution in [-0.4, -0.2) is 27.1 Å². The molecule has 2 aromatic heterocycles. The molecular weight excluding hydrogens is 344 g/mol. The fraction of sp³-hybridized carbons (Fsp3) is 0.250. The zero-order valence-electron chi connectivity index (χ0n) is 14.8. The van der Waals surface area contributed by atoms with E-state index in [1.54, 1.807) is 11.3 Å². The summed E-state index contributed by atoms with van der Waals surface area (Å²) < 4.78 is 6.64. The van der Waals surface area contributed by atoms with Crippen LogP contribution >= 0.6 is 11.3 Å². The molecule has 0 spiro atoms. The first-order valence-corrected chi connectivity index (χ1v) is 9.48. The average Bonchev–Trinajstić information content (AvgIpc) is 3.28. The fourth-order valence-corrected chi connectivity index (χ4v) is 3.88. The highest BCUT2D eigenvalue weighted by Gasteiger charge is 2.12. The Morgan fingerprint density at radius 2 is 1.81 bits per heavy atom. The normalized spacial score (nSPS) is 11.5. The van der Waals surface area contributed by atoms with E-state index in [2.05, 4.69) is 45.1 Å². The lowest BCUT2D eigenvalue weighted by Crippen LogP contribution is -2.17. The molecule has 5 nitrogen and oxygen atoms in total. The largest absolute Gasteiger partial charge is 0.338 e. The molecular formula is C20H20N4OS. The highest BCUT2D eigenvalue weighted by Crippen LogP contribution is 2.23. The fourth-order valence-electron chi connectivity index (χ4n) is 2.83. The van der Waals surface area contributed by atoms with Crippen LogP contribution in [0.25, 0.3) is 21.6 Å². The third kappa shape index (κ3) is 3.66. The zero-order valence-corrected chi connectivity index (χ0v) is 15.7. The lowest BCUT2D eigenvalue weighted by atomic mass is 10.1. The van der Waals surface area contributed by atoms with Crippen LogP contribution < -0.4 is 0 Å². The standard InChI is InChI=1S/C20H20N4OS/c1-3-14-8-10-15(11-9-14)20-22-18(25-23-20)12-24(2)13-19-21-16-6-4-5-7-17(16)26-19/h4-11H,3,12-13H2,1-2H3. The minimum Gasteiger partial charge on any atom is -0.338 e. The van der Waals surface area contributed by atoms with Gasteiger partial charge in [-0.3, -0.25) is 4.90 Å². The summed E-state index contributed by atoms with van der Waals surface area (Å²) in [5, 5.41) is 5.20. The van der Waals surface area contributed by atoms with Gasteiger partial charge in [-0.1, -0.05) is 48.5 Å². The molecule has 2 aromatic carbocycles. The first kappa shape index (κ1) is 16.9. The number of hydrogen-bond donors (Lipinski definition) is 0. The van der Waals surface area contributed by atoms with Crippen LogP contribution in [0, 0.1) is 0 Å². The van der Waals surface area contributed by atoms with Crippen molar-refractivity contribution in [3.05, 3.63) is 65.0 Å². The van der Waals surface area contributed by atoms with Gasteiger partial charge in [0.1, 0.15) is 5.01 Å². The Balaban J connectivity index is 1.42. The minimum atomic E-state index is 0.593. The van der Waals surface area contributed by atoms with Crippen LogP contribution in [0.1, 0.15) is 23.4 Å². The van der Waals surface area contributed by atoms with E-state index in [1.807, 2.05) is 37.4 Å². The molecule has 0 radical (unpaired) electrons. The van der Waals surface area contributed by atoms with Crippen molar-refractivity contribution in [2.75, 3.05) is 7.05 Å². The summed E-state index contributed by atoms with van der Waals surface area (Å²) in [5.74, 6) is 1.25. The van der Waals surface area contributed by atoms with Gasteiger partial charge in [-0.25, -0.2) is 4.98 Å². The molecule has 26 heavy (non-hydrogen) atoms. The number of nitrogens with zero attached hydrogens (tertiary/aromatic N) is 4. The first-order valence-electron chi connectivity index (χ1n) is 8.66. The van der Waals surface area contributed by atoms with Crippen LogP contribution in [0.4, 0.5) is 0 Å². The first-order chi connectivity index (χ1) is 12.7. The molecule has 0 saturated carbocycles. The monoisotopic (exact) mass is 364 g/mol. The third-order valence-electron chi connectivity index (χ3n) is 4.24. The topological polar surface area (TPSA) is 55.1 Å². The van der Waals surface area contributed by atoms with E-state index < -0.39 is 0 Å². The molecule has 0 atom stereocenters. The summed E-state index contributed by atoms with van der Waals surface area (Å²) in [5.41, 5.74) is 3.33. The molecule has 0 N–H and O–H groups in total. The van der Waals surface area contributed by atoms with Gasteiger partial charge in [-0.2, -0.15) is 4.98 Å². The molecule has 0 amide bonds. The SMILES string of the molecule is CCc1ccc(-c2noc(CN(C)Cc3nc4ccccc4s3)n2)cc1. The smallest absolute Gasteiger partial charge is 0.241 e. The van der Waals surface area contributed by atoms with Crippen molar-refractivity contribution in [1.82, 2.24) is 20.0 Å². The highest BCUT2D eigenvalue weighted by molar-refractivity contribution is 7.18. The van der Waals surface area contributed by atoms with Gasteiger partial charge in [-0.05, 0) is 31.2 Å². The number of para-hydroxylation sites is 1. The van der Waals surface area contributed by atoms with Gasteiger partial charge < -0.3 is 4.52 Å². The molecule has 132 valence electrons. The minimum absolute atomic E-state index is 0.593. The Bertz CT molecular complexity index is 973. The van der Waals surface area contributed by atoms with Crippen LogP contribution in [0.5, 0.6) is 0 Å². The van der Waals surface area contributed by atoms with E-state index in [0.717, 1.165) is 29.1 Å². The van der Waals surface area contributed by atoms with E-state index in [4.69, 9.17) is 4.52 Å². The Morgan fingerprint density at radius 1 is 1.00 bits per heavy atom. The number of aromatic nitrogens is 3. The average molecular weight is 364 g/mol. The quantitative estimate of drug-likeness (QED) is 0.503. The molecule has 0 saturated heterocycles. The summed E-state index contributed by atoms with van der Waals surface area (Å²) in [6, 6.07) is 16.5. The lowest BCUT2D eigenvalue weighted by molar-refractivity contribution is 0.260. The van der Waals surface area contributed by atoms with Gasteiger partial charge in [0.25, 0.3) is 0 Å². The number of hydrogen-bond acceptors (Lipinski definition) is 6. The van der Waals surface area contributed by atoms with Gasteiger partial charge in [0, 0.05) is 5.56 Å². The van der Waals surface area contributed by atoms with Crippen molar-refractivity contribution in [2.24, 2.45) is 0 Å². The van der Waals surface area contributed by atoms with Crippen molar-refractivity contribution < 1.29 is 4.52 Å². The maximum Gasteiger partial charge on any atom is 0.241 e. The van der Waals surface area contributed by atoms with Gasteiger partial charge in [0.2, 0.25) is 11.7 Å². The molecule has 4 rings (SSSR count). The summed E-state index contributed by atoms with van der Waals surface area (Å²) >= 11 is 1.72. The Kier molecular flexibility index (Phi) is 4.77. The molecule has 0 unspecified atom stereocenters. The van der Waals surface area contributed by atoms with Gasteiger partial charge in [0.05, 0.1) is 23.3 Å². The van der Waals surface area contributed by atoms with Crippen molar-refractivity contribution in [1.29, 1.82) is 0 Å². The highest BCUT2D eigenvalue weighted by atomic mass is 32.1. The molecule has 2 heterocycles. The van der Waals surface area contributed by atoms with Crippen molar-refractivity contribution in [3.8, 4) is 11.4 Å².